The summed E-state index contributed by atoms with van der Waals surface area (Å²) < 4.78 is 6.23. The second-order valence-corrected chi connectivity index (χ2v) is 8.71. The summed E-state index contributed by atoms with van der Waals surface area (Å²) in [5, 5.41) is 5.60. The lowest BCUT2D eigenvalue weighted by atomic mass is 10.2. The third kappa shape index (κ3) is 4.18. The number of fused-ring (bicyclic) bond motifs is 1. The highest BCUT2D eigenvalue weighted by molar-refractivity contribution is 7.98. The predicted octanol–water partition coefficient (Wildman–Crippen LogP) is 5.11. The summed E-state index contributed by atoms with van der Waals surface area (Å²) in [5.41, 5.74) is 2.36. The Bertz CT molecular complexity index is 1120. The lowest BCUT2D eigenvalue weighted by molar-refractivity contribution is 0.0738. The quantitative estimate of drug-likeness (QED) is 0.400. The van der Waals surface area contributed by atoms with Crippen molar-refractivity contribution in [1.82, 2.24) is 20.0 Å². The summed E-state index contributed by atoms with van der Waals surface area (Å²) in [4.78, 5) is 24.1. The highest BCUT2D eigenvalue weighted by Crippen LogP contribution is 2.31. The summed E-state index contributed by atoms with van der Waals surface area (Å²) in [7, 11) is 1.81. The van der Waals surface area contributed by atoms with Gasteiger partial charge in [-0.2, -0.15) is 0 Å². The molecule has 29 heavy (non-hydrogen) atoms. The maximum Gasteiger partial charge on any atom is 0.256 e. The predicted molar refractivity (Wildman–Crippen MR) is 115 cm³/mol. The van der Waals surface area contributed by atoms with Gasteiger partial charge in [-0.15, -0.1) is 11.3 Å². The summed E-state index contributed by atoms with van der Waals surface area (Å²) in [6.45, 7) is 3.85. The van der Waals surface area contributed by atoms with Gasteiger partial charge >= 0.3 is 0 Å². The number of carbonyl (C=O) groups is 1. The summed E-state index contributed by atoms with van der Waals surface area (Å²) in [6.07, 6.45) is 1.70. The number of pyridine rings is 1. The third-order valence-electron chi connectivity index (χ3n) is 4.60. The van der Waals surface area contributed by atoms with Crippen molar-refractivity contribution in [1.29, 1.82) is 0 Å². The van der Waals surface area contributed by atoms with Crippen LogP contribution in [-0.4, -0.2) is 33.0 Å². The Hall–Kier alpha value is -2.71. The third-order valence-corrected chi connectivity index (χ3v) is 6.85. The van der Waals surface area contributed by atoms with Crippen molar-refractivity contribution < 1.29 is 9.32 Å². The number of nitrogens with zero attached hydrogens (tertiary/aromatic N) is 4. The van der Waals surface area contributed by atoms with Crippen molar-refractivity contribution in [3.05, 3.63) is 70.7 Å². The molecule has 0 aliphatic heterocycles. The minimum absolute atomic E-state index is 0.0799. The van der Waals surface area contributed by atoms with Gasteiger partial charge in [0.2, 0.25) is 0 Å². The van der Waals surface area contributed by atoms with Crippen LogP contribution in [0.25, 0.3) is 10.2 Å². The van der Waals surface area contributed by atoms with E-state index in [1.807, 2.05) is 57.3 Å². The molecule has 0 saturated carbocycles. The first-order valence-corrected chi connectivity index (χ1v) is 11.0. The Labute approximate surface area is 177 Å². The van der Waals surface area contributed by atoms with E-state index >= 15 is 0 Å². The van der Waals surface area contributed by atoms with Gasteiger partial charge in [-0.1, -0.05) is 29.1 Å². The van der Waals surface area contributed by atoms with E-state index in [4.69, 9.17) is 9.51 Å². The molecule has 0 aliphatic carbocycles. The van der Waals surface area contributed by atoms with Crippen molar-refractivity contribution >= 4 is 39.2 Å². The molecule has 3 heterocycles. The molecule has 4 aromatic rings. The SMILES string of the molecule is Cc1cc(CSc2ncccc2C(=O)N(C)[C@H](C)c2nc3ccccc3s2)no1. The van der Waals surface area contributed by atoms with E-state index in [9.17, 15) is 4.79 Å². The highest BCUT2D eigenvalue weighted by atomic mass is 32.2. The number of thioether (sulfide) groups is 1. The van der Waals surface area contributed by atoms with E-state index in [1.54, 1.807) is 28.5 Å². The van der Waals surface area contributed by atoms with Gasteiger partial charge in [0.15, 0.2) is 0 Å². The molecule has 0 spiro atoms. The second kappa shape index (κ2) is 8.34. The molecule has 3 aromatic heterocycles. The zero-order valence-electron chi connectivity index (χ0n) is 16.3. The lowest BCUT2D eigenvalue weighted by Gasteiger charge is -2.24. The molecular weight excluding hydrogens is 404 g/mol. The minimum atomic E-state index is -0.142. The topological polar surface area (TPSA) is 72.1 Å². The van der Waals surface area contributed by atoms with Gasteiger partial charge in [-0.25, -0.2) is 9.97 Å². The first-order chi connectivity index (χ1) is 14.0. The first kappa shape index (κ1) is 19.6. The number of rotatable bonds is 6. The molecule has 148 valence electrons. The molecule has 8 heteroatoms. The smallest absolute Gasteiger partial charge is 0.256 e. The van der Waals surface area contributed by atoms with Crippen LogP contribution in [0.5, 0.6) is 0 Å². The number of para-hydroxylation sites is 1. The van der Waals surface area contributed by atoms with Crippen LogP contribution >= 0.6 is 23.1 Å². The highest BCUT2D eigenvalue weighted by Gasteiger charge is 2.24. The molecule has 0 bridgehead atoms. The van der Waals surface area contributed by atoms with Crippen molar-refractivity contribution in [3.63, 3.8) is 0 Å². The number of benzene rings is 1. The first-order valence-electron chi connectivity index (χ1n) is 9.15. The number of hydrogen-bond donors (Lipinski definition) is 0. The number of aryl methyl sites for hydroxylation is 1. The average Bonchev–Trinajstić information content (AvgIpc) is 3.36. The van der Waals surface area contributed by atoms with Gasteiger partial charge < -0.3 is 9.42 Å². The van der Waals surface area contributed by atoms with Crippen LogP contribution in [0.1, 0.15) is 39.8 Å². The molecule has 0 N–H and O–H groups in total. The zero-order chi connectivity index (χ0) is 20.4. The number of hydrogen-bond acceptors (Lipinski definition) is 7. The van der Waals surface area contributed by atoms with Crippen molar-refractivity contribution in [3.8, 4) is 0 Å². The lowest BCUT2D eigenvalue weighted by Crippen LogP contribution is -2.30. The molecule has 6 nitrogen and oxygen atoms in total. The summed E-state index contributed by atoms with van der Waals surface area (Å²) in [6, 6.07) is 13.4. The molecule has 0 fully saturated rings. The molecule has 1 amide bonds. The van der Waals surface area contributed by atoms with E-state index < -0.39 is 0 Å². The van der Waals surface area contributed by atoms with Gasteiger partial charge in [0.05, 0.1) is 27.5 Å². The Balaban J connectivity index is 1.53. The number of aromatic nitrogens is 3. The summed E-state index contributed by atoms with van der Waals surface area (Å²) in [5.74, 6) is 1.28. The maximum atomic E-state index is 13.2. The van der Waals surface area contributed by atoms with Crippen molar-refractivity contribution in [2.24, 2.45) is 0 Å². The summed E-state index contributed by atoms with van der Waals surface area (Å²) >= 11 is 3.09. The molecule has 0 saturated heterocycles. The van der Waals surface area contributed by atoms with Crippen LogP contribution in [0.3, 0.4) is 0 Å². The molecule has 0 radical (unpaired) electrons. The standard InChI is InChI=1S/C21H20N4O2S2/c1-13-11-15(24-27-13)12-28-20-16(7-6-10-22-20)21(26)25(3)14(2)19-23-17-8-4-5-9-18(17)29-19/h4-11,14H,12H2,1-3H3/t14-/m1/s1. The van der Waals surface area contributed by atoms with Gasteiger partial charge in [-0.05, 0) is 38.1 Å². The molecule has 1 aromatic carbocycles. The van der Waals surface area contributed by atoms with Crippen LogP contribution in [0, 0.1) is 6.92 Å². The number of amides is 1. The molecular formula is C21H20N4O2S2. The fourth-order valence-electron chi connectivity index (χ4n) is 2.90. The van der Waals surface area contributed by atoms with Crippen LogP contribution in [0.15, 0.2) is 58.2 Å². The Morgan fingerprint density at radius 3 is 2.86 bits per heavy atom. The molecule has 0 aliphatic rings. The van der Waals surface area contributed by atoms with Gasteiger partial charge in [0.1, 0.15) is 15.8 Å². The minimum Gasteiger partial charge on any atom is -0.361 e. The van der Waals surface area contributed by atoms with Gasteiger partial charge in [0, 0.05) is 25.1 Å². The second-order valence-electron chi connectivity index (χ2n) is 6.69. The largest absolute Gasteiger partial charge is 0.361 e. The Morgan fingerprint density at radius 1 is 1.28 bits per heavy atom. The van der Waals surface area contributed by atoms with E-state index in [0.29, 0.717) is 16.3 Å². The van der Waals surface area contributed by atoms with Gasteiger partial charge in [-0.3, -0.25) is 4.79 Å². The van der Waals surface area contributed by atoms with Crippen LogP contribution in [-0.2, 0) is 5.75 Å². The van der Waals surface area contributed by atoms with Crippen LogP contribution in [0.4, 0.5) is 0 Å². The van der Waals surface area contributed by atoms with Crippen LogP contribution < -0.4 is 0 Å². The Kier molecular flexibility index (Phi) is 5.64. The van der Waals surface area contributed by atoms with E-state index in [0.717, 1.165) is 26.7 Å². The van der Waals surface area contributed by atoms with E-state index in [-0.39, 0.29) is 11.9 Å². The number of thiazole rings is 1. The van der Waals surface area contributed by atoms with E-state index in [1.165, 1.54) is 11.8 Å². The Morgan fingerprint density at radius 2 is 2.10 bits per heavy atom. The van der Waals surface area contributed by atoms with Crippen LogP contribution in [0.2, 0.25) is 0 Å². The van der Waals surface area contributed by atoms with Gasteiger partial charge in [0.25, 0.3) is 5.91 Å². The van der Waals surface area contributed by atoms with Crippen molar-refractivity contribution in [2.45, 2.75) is 30.7 Å². The molecule has 4 rings (SSSR count). The molecule has 0 unspecified atom stereocenters. The average molecular weight is 425 g/mol. The fourth-order valence-corrected chi connectivity index (χ4v) is 4.83. The fraction of sp³-hybridized carbons (Fsp3) is 0.238. The zero-order valence-corrected chi connectivity index (χ0v) is 18.0. The normalized spacial score (nSPS) is 12.2. The van der Waals surface area contributed by atoms with Crippen molar-refractivity contribution in [2.75, 3.05) is 7.05 Å². The molecule has 1 atom stereocenters. The maximum absolute atomic E-state index is 13.2. The monoisotopic (exact) mass is 424 g/mol. The number of carbonyl (C=O) groups excluding carboxylic acids is 1. The van der Waals surface area contributed by atoms with E-state index in [2.05, 4.69) is 10.1 Å².